The molecule has 1 N–H and O–H groups in total. The predicted octanol–water partition coefficient (Wildman–Crippen LogP) is 2.35. The Morgan fingerprint density at radius 2 is 2.20 bits per heavy atom. The molecule has 0 saturated heterocycles. The lowest BCUT2D eigenvalue weighted by atomic mass is 10.2. The summed E-state index contributed by atoms with van der Waals surface area (Å²) in [6.45, 7) is 1.18. The Balaban J connectivity index is 3.33. The highest BCUT2D eigenvalue weighted by Gasteiger charge is 2.22. The topological polar surface area (TPSA) is 72.2 Å². The average Bonchev–Trinajstić information content (AvgIpc) is 2.10. The number of carbonyl (C=O) groups excluding carboxylic acids is 1. The molecule has 0 spiro atoms. The maximum absolute atomic E-state index is 12.9. The normalized spacial score (nSPS) is 9.80. The number of amides is 1. The van der Waals surface area contributed by atoms with E-state index in [0.717, 1.165) is 12.1 Å². The van der Waals surface area contributed by atoms with Crippen LogP contribution in [-0.2, 0) is 4.79 Å². The molecule has 0 radical (unpaired) electrons. The molecule has 15 heavy (non-hydrogen) atoms. The highest BCUT2D eigenvalue weighted by molar-refractivity contribution is 6.33. The van der Waals surface area contributed by atoms with Crippen molar-refractivity contribution in [1.82, 2.24) is 0 Å². The second kappa shape index (κ2) is 4.22. The monoisotopic (exact) mass is 232 g/mol. The van der Waals surface area contributed by atoms with E-state index < -0.39 is 27.4 Å². The van der Waals surface area contributed by atoms with Gasteiger partial charge in [-0.15, -0.1) is 0 Å². The Kier molecular flexibility index (Phi) is 3.21. The second-order valence-corrected chi connectivity index (χ2v) is 3.07. The minimum absolute atomic E-state index is 0.126. The molecule has 1 rings (SSSR count). The maximum atomic E-state index is 12.9. The van der Waals surface area contributed by atoms with Crippen molar-refractivity contribution >= 4 is 28.9 Å². The van der Waals surface area contributed by atoms with Gasteiger partial charge in [-0.25, -0.2) is 4.39 Å². The summed E-state index contributed by atoms with van der Waals surface area (Å²) in [4.78, 5) is 20.4. The minimum Gasteiger partial charge on any atom is -0.321 e. The number of nitro benzene ring substituents is 1. The van der Waals surface area contributed by atoms with Gasteiger partial charge in [-0.1, -0.05) is 11.6 Å². The van der Waals surface area contributed by atoms with Gasteiger partial charge in [-0.3, -0.25) is 14.9 Å². The molecule has 80 valence electrons. The van der Waals surface area contributed by atoms with Crippen molar-refractivity contribution in [2.24, 2.45) is 0 Å². The van der Waals surface area contributed by atoms with Crippen LogP contribution in [0.4, 0.5) is 15.8 Å². The zero-order chi connectivity index (χ0) is 11.6. The zero-order valence-electron chi connectivity index (χ0n) is 7.58. The Morgan fingerprint density at radius 1 is 1.60 bits per heavy atom. The number of carbonyl (C=O) groups is 1. The molecule has 0 unspecified atom stereocenters. The van der Waals surface area contributed by atoms with Crippen LogP contribution >= 0.6 is 11.6 Å². The second-order valence-electron chi connectivity index (χ2n) is 2.70. The van der Waals surface area contributed by atoms with E-state index in [4.69, 9.17) is 11.6 Å². The van der Waals surface area contributed by atoms with E-state index in [1.54, 1.807) is 0 Å². The van der Waals surface area contributed by atoms with E-state index in [0.29, 0.717) is 0 Å². The van der Waals surface area contributed by atoms with E-state index >= 15 is 0 Å². The number of rotatable bonds is 2. The number of anilines is 1. The molecule has 0 saturated carbocycles. The van der Waals surface area contributed by atoms with Crippen molar-refractivity contribution in [2.75, 3.05) is 5.32 Å². The number of hydrogen-bond donors (Lipinski definition) is 1. The predicted molar refractivity (Wildman–Crippen MR) is 52.4 cm³/mol. The van der Waals surface area contributed by atoms with Crippen molar-refractivity contribution in [1.29, 1.82) is 0 Å². The number of nitro groups is 1. The first-order chi connectivity index (χ1) is 6.93. The third-order valence-corrected chi connectivity index (χ3v) is 1.92. The van der Waals surface area contributed by atoms with Crippen molar-refractivity contribution in [3.05, 3.63) is 33.1 Å². The van der Waals surface area contributed by atoms with Gasteiger partial charge in [0, 0.05) is 6.92 Å². The van der Waals surface area contributed by atoms with Crippen LogP contribution in [0.15, 0.2) is 12.1 Å². The van der Waals surface area contributed by atoms with Crippen LogP contribution in [0, 0.1) is 15.9 Å². The van der Waals surface area contributed by atoms with Crippen LogP contribution < -0.4 is 5.32 Å². The average molecular weight is 233 g/mol. The number of hydrogen-bond acceptors (Lipinski definition) is 3. The first-order valence-corrected chi connectivity index (χ1v) is 4.21. The van der Waals surface area contributed by atoms with Crippen molar-refractivity contribution in [2.45, 2.75) is 6.92 Å². The maximum Gasteiger partial charge on any atom is 0.314 e. The van der Waals surface area contributed by atoms with E-state index in [2.05, 4.69) is 5.32 Å². The van der Waals surface area contributed by atoms with Crippen molar-refractivity contribution in [3.8, 4) is 0 Å². The molecule has 0 aliphatic heterocycles. The fourth-order valence-electron chi connectivity index (χ4n) is 1.01. The summed E-state index contributed by atoms with van der Waals surface area (Å²) in [5.41, 5.74) is -0.772. The molecule has 0 aliphatic carbocycles. The first kappa shape index (κ1) is 11.4. The molecule has 0 heterocycles. The quantitative estimate of drug-likeness (QED) is 0.628. The standard InChI is InChI=1S/C8H6ClFN2O3/c1-4(13)11-6-3-2-5(10)7(9)8(6)12(14)15/h2-3H,1H3,(H,11,13). The van der Waals surface area contributed by atoms with Gasteiger partial charge in [0.05, 0.1) is 4.92 Å². The summed E-state index contributed by atoms with van der Waals surface area (Å²) in [5, 5.41) is 12.2. The van der Waals surface area contributed by atoms with E-state index in [9.17, 15) is 19.3 Å². The van der Waals surface area contributed by atoms with Crippen molar-refractivity contribution < 1.29 is 14.1 Å². The molecule has 1 aromatic rings. The molecular weight excluding hydrogens is 227 g/mol. The minimum atomic E-state index is -0.905. The highest BCUT2D eigenvalue weighted by Crippen LogP contribution is 2.34. The molecule has 1 amide bonds. The zero-order valence-corrected chi connectivity index (χ0v) is 8.34. The molecule has 0 atom stereocenters. The van der Waals surface area contributed by atoms with Crippen LogP contribution in [-0.4, -0.2) is 10.8 Å². The van der Waals surface area contributed by atoms with Crippen LogP contribution in [0.3, 0.4) is 0 Å². The summed E-state index contributed by atoms with van der Waals surface area (Å²) in [6, 6.07) is 2.03. The van der Waals surface area contributed by atoms with Gasteiger partial charge in [0.25, 0.3) is 0 Å². The molecule has 5 nitrogen and oxygen atoms in total. The fraction of sp³-hybridized carbons (Fsp3) is 0.125. The van der Waals surface area contributed by atoms with E-state index in [-0.39, 0.29) is 5.69 Å². The van der Waals surface area contributed by atoms with Crippen LogP contribution in [0.5, 0.6) is 0 Å². The van der Waals surface area contributed by atoms with Crippen LogP contribution in [0.2, 0.25) is 5.02 Å². The highest BCUT2D eigenvalue weighted by atomic mass is 35.5. The number of halogens is 2. The Labute approximate surface area is 89.0 Å². The lowest BCUT2D eigenvalue weighted by molar-refractivity contribution is -0.383. The van der Waals surface area contributed by atoms with Crippen LogP contribution in [0.1, 0.15) is 6.92 Å². The first-order valence-electron chi connectivity index (χ1n) is 3.83. The summed E-state index contributed by atoms with van der Waals surface area (Å²) in [5.74, 6) is -1.40. The largest absolute Gasteiger partial charge is 0.321 e. The van der Waals surface area contributed by atoms with Gasteiger partial charge in [0.1, 0.15) is 11.5 Å². The Bertz CT molecular complexity index is 436. The number of benzene rings is 1. The summed E-state index contributed by atoms with van der Waals surface area (Å²) < 4.78 is 12.9. The Hall–Kier alpha value is -1.69. The smallest absolute Gasteiger partial charge is 0.314 e. The SMILES string of the molecule is CC(=O)Nc1ccc(F)c(Cl)c1[N+](=O)[O-]. The van der Waals surface area contributed by atoms with E-state index in [1.165, 1.54) is 6.92 Å². The molecule has 0 aliphatic rings. The van der Waals surface area contributed by atoms with Crippen molar-refractivity contribution in [3.63, 3.8) is 0 Å². The molecule has 7 heteroatoms. The summed E-state index contributed by atoms with van der Waals surface area (Å²) in [6.07, 6.45) is 0. The number of nitrogens with one attached hydrogen (secondary N) is 1. The molecule has 0 bridgehead atoms. The third kappa shape index (κ3) is 2.41. The lowest BCUT2D eigenvalue weighted by Gasteiger charge is -2.04. The van der Waals surface area contributed by atoms with Gasteiger partial charge in [0.2, 0.25) is 5.91 Å². The lowest BCUT2D eigenvalue weighted by Crippen LogP contribution is -2.08. The van der Waals surface area contributed by atoms with E-state index in [1.807, 2.05) is 0 Å². The molecule has 0 aromatic heterocycles. The molecule has 1 aromatic carbocycles. The van der Waals surface area contributed by atoms with Crippen LogP contribution in [0.25, 0.3) is 0 Å². The molecular formula is C8H6ClFN2O3. The molecule has 0 fully saturated rings. The Morgan fingerprint density at radius 3 is 2.67 bits per heavy atom. The van der Waals surface area contributed by atoms with Gasteiger partial charge < -0.3 is 5.32 Å². The fourth-order valence-corrected chi connectivity index (χ4v) is 1.24. The number of nitrogens with zero attached hydrogens (tertiary/aromatic N) is 1. The van der Waals surface area contributed by atoms with Gasteiger partial charge in [0.15, 0.2) is 5.02 Å². The summed E-state index contributed by atoms with van der Waals surface area (Å²) >= 11 is 5.41. The van der Waals surface area contributed by atoms with Gasteiger partial charge >= 0.3 is 5.69 Å². The third-order valence-electron chi connectivity index (χ3n) is 1.56. The summed E-state index contributed by atoms with van der Waals surface area (Å²) in [7, 11) is 0. The van der Waals surface area contributed by atoms with Gasteiger partial charge in [-0.05, 0) is 12.1 Å². The van der Waals surface area contributed by atoms with Gasteiger partial charge in [-0.2, -0.15) is 0 Å².